The fourth-order valence-electron chi connectivity index (χ4n) is 2.50. The summed E-state index contributed by atoms with van der Waals surface area (Å²) in [7, 11) is 0. The molecule has 2 aromatic heterocycles. The Morgan fingerprint density at radius 3 is 2.46 bits per heavy atom. The number of benzene rings is 1. The van der Waals surface area contributed by atoms with Crippen LogP contribution >= 0.6 is 11.3 Å². The van der Waals surface area contributed by atoms with Crippen LogP contribution in [0.4, 0.5) is 5.13 Å². The monoisotopic (exact) mass is 362 g/mol. The van der Waals surface area contributed by atoms with Crippen LogP contribution in [0, 0.1) is 32.1 Å². The molecule has 1 amide bonds. The molecule has 0 spiro atoms. The van der Waals surface area contributed by atoms with Crippen LogP contribution in [0.15, 0.2) is 36.4 Å². The Balaban J connectivity index is 1.74. The van der Waals surface area contributed by atoms with Crippen molar-refractivity contribution in [1.29, 1.82) is 5.26 Å². The van der Waals surface area contributed by atoms with Gasteiger partial charge in [-0.25, -0.2) is 9.97 Å². The van der Waals surface area contributed by atoms with Gasteiger partial charge >= 0.3 is 0 Å². The number of nitrogens with one attached hydrogen (secondary N) is 1. The van der Waals surface area contributed by atoms with Crippen molar-refractivity contribution in [1.82, 2.24) is 9.97 Å². The molecule has 0 aliphatic heterocycles. The van der Waals surface area contributed by atoms with Gasteiger partial charge in [0.1, 0.15) is 11.8 Å². The second-order valence-electron chi connectivity index (χ2n) is 6.09. The van der Waals surface area contributed by atoms with Crippen molar-refractivity contribution >= 4 is 22.4 Å². The fourth-order valence-corrected chi connectivity index (χ4v) is 3.50. The van der Waals surface area contributed by atoms with Gasteiger partial charge in [-0.05, 0) is 38.5 Å². The lowest BCUT2D eigenvalue weighted by Crippen LogP contribution is -2.14. The van der Waals surface area contributed by atoms with Gasteiger partial charge < -0.3 is 0 Å². The number of aromatic nitrogens is 2. The van der Waals surface area contributed by atoms with Crippen molar-refractivity contribution in [3.05, 3.63) is 75.0 Å². The maximum absolute atomic E-state index is 12.4. The molecule has 2 heterocycles. The van der Waals surface area contributed by atoms with Crippen molar-refractivity contribution < 1.29 is 4.79 Å². The van der Waals surface area contributed by atoms with Gasteiger partial charge in [-0.3, -0.25) is 10.1 Å². The molecule has 6 heteroatoms. The van der Waals surface area contributed by atoms with Crippen LogP contribution in [0.3, 0.4) is 0 Å². The first-order chi connectivity index (χ1) is 12.5. The Morgan fingerprint density at radius 1 is 1.08 bits per heavy atom. The van der Waals surface area contributed by atoms with E-state index >= 15 is 0 Å². The molecule has 3 rings (SSSR count). The molecule has 0 aliphatic carbocycles. The molecule has 0 saturated carbocycles. The van der Waals surface area contributed by atoms with Gasteiger partial charge in [0.15, 0.2) is 5.13 Å². The van der Waals surface area contributed by atoms with E-state index in [0.717, 1.165) is 17.0 Å². The molecule has 0 saturated heterocycles. The summed E-state index contributed by atoms with van der Waals surface area (Å²) >= 11 is 1.47. The molecule has 1 aromatic carbocycles. The van der Waals surface area contributed by atoms with Gasteiger partial charge in [0.2, 0.25) is 0 Å². The average molecular weight is 362 g/mol. The number of hydrogen-bond acceptors (Lipinski definition) is 5. The lowest BCUT2D eigenvalue weighted by Gasteiger charge is -2.03. The first-order valence-corrected chi connectivity index (χ1v) is 8.99. The lowest BCUT2D eigenvalue weighted by molar-refractivity contribution is 0.102. The van der Waals surface area contributed by atoms with E-state index < -0.39 is 0 Å². The third-order valence-electron chi connectivity index (χ3n) is 4.04. The van der Waals surface area contributed by atoms with Gasteiger partial charge in [0.25, 0.3) is 5.91 Å². The third kappa shape index (κ3) is 3.95. The lowest BCUT2D eigenvalue weighted by atomic mass is 10.1. The van der Waals surface area contributed by atoms with Crippen LogP contribution in [0.25, 0.3) is 0 Å². The Hall–Kier alpha value is -3.04. The summed E-state index contributed by atoms with van der Waals surface area (Å²) in [6.45, 7) is 5.72. The van der Waals surface area contributed by atoms with Crippen molar-refractivity contribution in [2.24, 2.45) is 0 Å². The summed E-state index contributed by atoms with van der Waals surface area (Å²) in [5, 5.41) is 12.3. The number of hydrogen-bond donors (Lipinski definition) is 1. The number of aryl methyl sites for hydroxylation is 3. The molecular formula is C20H18N4OS. The van der Waals surface area contributed by atoms with Crippen LogP contribution in [-0.4, -0.2) is 15.9 Å². The number of amides is 1. The Bertz CT molecular complexity index is 1000. The minimum Gasteiger partial charge on any atom is -0.296 e. The molecule has 0 radical (unpaired) electrons. The van der Waals surface area contributed by atoms with Crippen LogP contribution in [0.5, 0.6) is 0 Å². The topological polar surface area (TPSA) is 78.7 Å². The molecule has 0 atom stereocenters. The van der Waals surface area contributed by atoms with E-state index in [1.54, 1.807) is 19.1 Å². The highest BCUT2D eigenvalue weighted by molar-refractivity contribution is 7.15. The summed E-state index contributed by atoms with van der Waals surface area (Å²) in [5.74, 6) is -0.326. The van der Waals surface area contributed by atoms with E-state index in [4.69, 9.17) is 5.26 Å². The molecule has 0 aliphatic rings. The van der Waals surface area contributed by atoms with E-state index in [2.05, 4.69) is 46.5 Å². The quantitative estimate of drug-likeness (QED) is 0.755. The summed E-state index contributed by atoms with van der Waals surface area (Å²) < 4.78 is 0. The number of carbonyl (C=O) groups excluding carboxylic acids is 1. The highest BCUT2D eigenvalue weighted by atomic mass is 32.1. The van der Waals surface area contributed by atoms with E-state index in [0.29, 0.717) is 16.4 Å². The molecule has 3 aromatic rings. The summed E-state index contributed by atoms with van der Waals surface area (Å²) in [6, 6.07) is 13.6. The average Bonchev–Trinajstić information content (AvgIpc) is 2.96. The molecule has 0 fully saturated rings. The first kappa shape index (κ1) is 17.8. The molecular weight excluding hydrogens is 344 g/mol. The van der Waals surface area contributed by atoms with Gasteiger partial charge in [-0.15, -0.1) is 11.3 Å². The number of nitriles is 1. The largest absolute Gasteiger partial charge is 0.296 e. The predicted octanol–water partition coefficient (Wildman–Crippen LogP) is 4.18. The molecule has 5 nitrogen and oxygen atoms in total. The highest BCUT2D eigenvalue weighted by Crippen LogP contribution is 2.25. The molecule has 0 bridgehead atoms. The maximum atomic E-state index is 12.4. The fraction of sp³-hybridized carbons (Fsp3) is 0.200. The number of rotatable bonds is 4. The van der Waals surface area contributed by atoms with Crippen molar-refractivity contribution in [3.63, 3.8) is 0 Å². The van der Waals surface area contributed by atoms with Gasteiger partial charge in [0, 0.05) is 11.3 Å². The van der Waals surface area contributed by atoms with Crippen LogP contribution in [-0.2, 0) is 6.42 Å². The summed E-state index contributed by atoms with van der Waals surface area (Å²) in [5.41, 5.74) is 4.63. The Kier molecular flexibility index (Phi) is 5.10. The second kappa shape index (κ2) is 7.46. The van der Waals surface area contributed by atoms with Crippen LogP contribution < -0.4 is 5.32 Å². The van der Waals surface area contributed by atoms with Crippen molar-refractivity contribution in [3.8, 4) is 6.07 Å². The Morgan fingerprint density at radius 2 is 1.81 bits per heavy atom. The number of thiazole rings is 1. The zero-order valence-corrected chi connectivity index (χ0v) is 15.6. The number of nitrogens with zero attached hydrogens (tertiary/aromatic N) is 3. The maximum Gasteiger partial charge on any atom is 0.276 e. The standard InChI is InChI=1S/C20H18N4OS/c1-12-4-6-15(7-5-12)10-18-14(3)23-20(26-18)24-19(25)17-9-8-16(11-21)13(2)22-17/h4-9H,10H2,1-3H3,(H,23,24,25). The second-order valence-corrected chi connectivity index (χ2v) is 7.17. The number of carbonyl (C=O) groups is 1. The smallest absolute Gasteiger partial charge is 0.276 e. The van der Waals surface area contributed by atoms with E-state index in [-0.39, 0.29) is 11.6 Å². The van der Waals surface area contributed by atoms with Crippen molar-refractivity contribution in [2.45, 2.75) is 27.2 Å². The number of anilines is 1. The SMILES string of the molecule is Cc1ccc(Cc2sc(NC(=O)c3ccc(C#N)c(C)n3)nc2C)cc1. The number of pyridine rings is 1. The van der Waals surface area contributed by atoms with Gasteiger partial charge in [-0.1, -0.05) is 29.8 Å². The molecule has 130 valence electrons. The highest BCUT2D eigenvalue weighted by Gasteiger charge is 2.14. The van der Waals surface area contributed by atoms with Crippen LogP contribution in [0.1, 0.15) is 43.4 Å². The first-order valence-electron chi connectivity index (χ1n) is 8.17. The third-order valence-corrected chi connectivity index (χ3v) is 5.11. The van der Waals surface area contributed by atoms with E-state index in [1.807, 2.05) is 13.0 Å². The minimum absolute atomic E-state index is 0.273. The van der Waals surface area contributed by atoms with Gasteiger partial charge in [-0.2, -0.15) is 5.26 Å². The van der Waals surface area contributed by atoms with Crippen LogP contribution in [0.2, 0.25) is 0 Å². The zero-order chi connectivity index (χ0) is 18.7. The summed E-state index contributed by atoms with van der Waals surface area (Å²) in [4.78, 5) is 22.2. The Labute approximate surface area is 156 Å². The predicted molar refractivity (Wildman–Crippen MR) is 102 cm³/mol. The molecule has 0 unspecified atom stereocenters. The van der Waals surface area contributed by atoms with E-state index in [1.165, 1.54) is 22.5 Å². The van der Waals surface area contributed by atoms with Crippen molar-refractivity contribution in [2.75, 3.05) is 5.32 Å². The van der Waals surface area contributed by atoms with E-state index in [9.17, 15) is 4.79 Å². The summed E-state index contributed by atoms with van der Waals surface area (Å²) in [6.07, 6.45) is 0.786. The normalized spacial score (nSPS) is 10.4. The zero-order valence-electron chi connectivity index (χ0n) is 14.8. The van der Waals surface area contributed by atoms with Gasteiger partial charge in [0.05, 0.1) is 17.0 Å². The molecule has 1 N–H and O–H groups in total. The minimum atomic E-state index is -0.326. The molecule has 26 heavy (non-hydrogen) atoms.